The molecule has 14 heavy (non-hydrogen) atoms. The minimum Gasteiger partial charge on any atom is -0.0374 e. The van der Waals surface area contributed by atoms with Crippen LogP contribution < -0.4 is 0 Å². The van der Waals surface area contributed by atoms with Gasteiger partial charge in [-0.1, -0.05) is 0 Å². The summed E-state index contributed by atoms with van der Waals surface area (Å²) in [6.45, 7) is 2.16. The van der Waals surface area contributed by atoms with Gasteiger partial charge in [-0.05, 0) is 50.3 Å². The minimum absolute atomic E-state index is 0.949. The quantitative estimate of drug-likeness (QED) is 0.629. The monoisotopic (exact) mass is 185 g/mol. The van der Waals surface area contributed by atoms with Gasteiger partial charge in [0.25, 0.3) is 0 Å². The van der Waals surface area contributed by atoms with Gasteiger partial charge in [0, 0.05) is 29.9 Å². The normalized spacial score (nSPS) is 20.9. The molecule has 0 spiro atoms. The van der Waals surface area contributed by atoms with Gasteiger partial charge in [-0.25, -0.2) is 0 Å². The summed E-state index contributed by atoms with van der Waals surface area (Å²) in [5, 5.41) is 0. The average molecular weight is 185 g/mol. The van der Waals surface area contributed by atoms with Gasteiger partial charge in [0.15, 0.2) is 0 Å². The Hall–Kier alpha value is -0.910. The Morgan fingerprint density at radius 3 is 1.86 bits per heavy atom. The Morgan fingerprint density at radius 1 is 0.929 bits per heavy atom. The second-order valence-electron chi connectivity index (χ2n) is 4.87. The van der Waals surface area contributed by atoms with Crippen LogP contribution in [-0.2, 0) is 0 Å². The van der Waals surface area contributed by atoms with Crippen LogP contribution in [0.1, 0.15) is 36.8 Å². The van der Waals surface area contributed by atoms with Crippen LogP contribution in [0.5, 0.6) is 0 Å². The van der Waals surface area contributed by atoms with Crippen molar-refractivity contribution in [2.24, 2.45) is 11.8 Å². The molecule has 0 radical (unpaired) electrons. The predicted molar refractivity (Wildman–Crippen MR) is 59.0 cm³/mol. The number of hydrogen-bond donors (Lipinski definition) is 0. The van der Waals surface area contributed by atoms with Crippen LogP contribution in [0.25, 0.3) is 0 Å². The van der Waals surface area contributed by atoms with Crippen LogP contribution >= 0.6 is 0 Å². The molecule has 0 aromatic heterocycles. The van der Waals surface area contributed by atoms with Gasteiger partial charge in [0.1, 0.15) is 5.56 Å². The summed E-state index contributed by atoms with van der Waals surface area (Å²) in [4.78, 5) is 0. The molecule has 0 saturated heterocycles. The molecule has 0 heteroatoms. The number of aryl methyl sites for hydroxylation is 1. The number of hydrogen-bond acceptors (Lipinski definition) is 0. The van der Waals surface area contributed by atoms with Crippen molar-refractivity contribution in [2.45, 2.75) is 32.6 Å². The van der Waals surface area contributed by atoms with Crippen molar-refractivity contribution >= 4 is 0 Å². The fourth-order valence-electron chi connectivity index (χ4n) is 2.34. The average Bonchev–Trinajstić information content (AvgIpc) is 3.00. The molecule has 2 aliphatic carbocycles. The Balaban J connectivity index is 1.86. The van der Waals surface area contributed by atoms with Gasteiger partial charge >= 0.3 is 0 Å². The van der Waals surface area contributed by atoms with Crippen molar-refractivity contribution in [3.8, 4) is 0 Å². The fourth-order valence-corrected chi connectivity index (χ4v) is 2.34. The first-order valence-corrected chi connectivity index (χ1v) is 5.78. The summed E-state index contributed by atoms with van der Waals surface area (Å²) < 4.78 is 0. The second kappa shape index (κ2) is 3.05. The SMILES string of the molecule is Cc1ccc([C+](C2CC2)C2CC2)cc1. The summed E-state index contributed by atoms with van der Waals surface area (Å²) in [5.41, 5.74) is 2.90. The van der Waals surface area contributed by atoms with Crippen molar-refractivity contribution in [1.82, 2.24) is 0 Å². The Morgan fingerprint density at radius 2 is 1.43 bits per heavy atom. The molecule has 0 atom stereocenters. The fraction of sp³-hybridized carbons (Fsp3) is 0.500. The van der Waals surface area contributed by atoms with Crippen LogP contribution in [-0.4, -0.2) is 0 Å². The second-order valence-corrected chi connectivity index (χ2v) is 4.87. The van der Waals surface area contributed by atoms with Crippen molar-refractivity contribution in [2.75, 3.05) is 0 Å². The Kier molecular flexibility index (Phi) is 1.83. The largest absolute Gasteiger partial charge is 0.133 e. The van der Waals surface area contributed by atoms with E-state index in [1.807, 2.05) is 0 Å². The molecule has 0 unspecified atom stereocenters. The van der Waals surface area contributed by atoms with Gasteiger partial charge in [-0.2, -0.15) is 0 Å². The molecular formula is C14H17+. The highest BCUT2D eigenvalue weighted by atomic mass is 14.5. The lowest BCUT2D eigenvalue weighted by atomic mass is 9.89. The van der Waals surface area contributed by atoms with E-state index < -0.39 is 0 Å². The first kappa shape index (κ1) is 8.40. The molecular weight excluding hydrogens is 168 g/mol. The highest BCUT2D eigenvalue weighted by Gasteiger charge is 2.47. The third-order valence-corrected chi connectivity index (χ3v) is 3.42. The predicted octanol–water partition coefficient (Wildman–Crippen LogP) is 3.74. The lowest BCUT2D eigenvalue weighted by Gasteiger charge is -2.07. The van der Waals surface area contributed by atoms with E-state index >= 15 is 0 Å². The zero-order valence-electron chi connectivity index (χ0n) is 8.79. The zero-order chi connectivity index (χ0) is 9.54. The number of benzene rings is 1. The topological polar surface area (TPSA) is 0 Å². The lowest BCUT2D eigenvalue weighted by Crippen LogP contribution is -2.04. The lowest BCUT2D eigenvalue weighted by molar-refractivity contribution is 0.736. The van der Waals surface area contributed by atoms with Crippen LogP contribution in [0.15, 0.2) is 24.3 Å². The van der Waals surface area contributed by atoms with E-state index in [0.717, 1.165) is 11.8 Å². The molecule has 1 aromatic rings. The molecule has 3 rings (SSSR count). The Bertz CT molecular complexity index is 302. The third-order valence-electron chi connectivity index (χ3n) is 3.42. The van der Waals surface area contributed by atoms with E-state index in [1.54, 1.807) is 5.92 Å². The van der Waals surface area contributed by atoms with Crippen molar-refractivity contribution in [3.05, 3.63) is 41.3 Å². The minimum atomic E-state index is 0.949. The van der Waals surface area contributed by atoms with Gasteiger partial charge in [0.05, 0.1) is 0 Å². The maximum Gasteiger partial charge on any atom is 0.133 e. The molecule has 72 valence electrons. The molecule has 0 bridgehead atoms. The van der Waals surface area contributed by atoms with Crippen molar-refractivity contribution in [1.29, 1.82) is 0 Å². The maximum atomic E-state index is 2.32. The Labute approximate surface area is 86.3 Å². The van der Waals surface area contributed by atoms with E-state index in [0.29, 0.717) is 0 Å². The first-order chi connectivity index (χ1) is 6.84. The maximum absolute atomic E-state index is 2.32. The van der Waals surface area contributed by atoms with E-state index in [2.05, 4.69) is 31.2 Å². The summed E-state index contributed by atoms with van der Waals surface area (Å²) >= 11 is 0. The van der Waals surface area contributed by atoms with E-state index in [-0.39, 0.29) is 0 Å². The molecule has 0 aliphatic heterocycles. The zero-order valence-corrected chi connectivity index (χ0v) is 8.79. The molecule has 0 nitrogen and oxygen atoms in total. The van der Waals surface area contributed by atoms with E-state index in [1.165, 1.54) is 36.8 Å². The summed E-state index contributed by atoms with van der Waals surface area (Å²) in [6.07, 6.45) is 5.78. The van der Waals surface area contributed by atoms with Crippen LogP contribution in [0, 0.1) is 24.7 Å². The van der Waals surface area contributed by atoms with Gasteiger partial charge < -0.3 is 0 Å². The van der Waals surface area contributed by atoms with Gasteiger partial charge in [0.2, 0.25) is 0 Å². The van der Waals surface area contributed by atoms with E-state index in [4.69, 9.17) is 0 Å². The summed E-state index contributed by atoms with van der Waals surface area (Å²) in [5.74, 6) is 3.68. The van der Waals surface area contributed by atoms with Crippen LogP contribution in [0.4, 0.5) is 0 Å². The molecule has 2 saturated carbocycles. The third kappa shape index (κ3) is 1.54. The van der Waals surface area contributed by atoms with Gasteiger partial charge in [-0.3, -0.25) is 0 Å². The summed E-state index contributed by atoms with van der Waals surface area (Å²) in [7, 11) is 0. The van der Waals surface area contributed by atoms with Crippen LogP contribution in [0.3, 0.4) is 0 Å². The molecule has 1 aromatic carbocycles. The molecule has 0 heterocycles. The van der Waals surface area contributed by atoms with Crippen molar-refractivity contribution in [3.63, 3.8) is 0 Å². The molecule has 0 N–H and O–H groups in total. The summed E-state index contributed by atoms with van der Waals surface area (Å²) in [6, 6.07) is 9.14. The van der Waals surface area contributed by atoms with Crippen molar-refractivity contribution < 1.29 is 0 Å². The highest BCUT2D eigenvalue weighted by molar-refractivity contribution is 5.38. The molecule has 2 aliphatic rings. The smallest absolute Gasteiger partial charge is 0.0374 e. The molecule has 2 fully saturated rings. The molecule has 0 amide bonds. The van der Waals surface area contributed by atoms with E-state index in [9.17, 15) is 0 Å². The highest BCUT2D eigenvalue weighted by Crippen LogP contribution is 2.53. The first-order valence-electron chi connectivity index (χ1n) is 5.78. The number of rotatable bonds is 3. The van der Waals surface area contributed by atoms with Crippen LogP contribution in [0.2, 0.25) is 0 Å². The standard InChI is InChI=1S/C14H17/c1-10-2-4-11(5-3-10)14(12-6-7-12)13-8-9-13/h2-5,12-13H,6-9H2,1H3/q+1. The van der Waals surface area contributed by atoms with Gasteiger partial charge in [-0.15, -0.1) is 0 Å².